The van der Waals surface area contributed by atoms with Gasteiger partial charge in [-0.25, -0.2) is 19.9 Å². The molecule has 3 heterocycles. The maximum absolute atomic E-state index is 5.17. The SMILES string of the molecule is Cc1ccccc1-c1cccc2c1sc1c(-c3cccc(-c4nc5cc(-c6nc(-c7ccccc7)nc(-c7ccccc7)n6)ccc5s4)c3)cccc12. The minimum atomic E-state index is 0.623. The van der Waals surface area contributed by atoms with E-state index in [2.05, 4.69) is 110 Å². The number of thiophene rings is 1. The van der Waals surface area contributed by atoms with Crippen molar-refractivity contribution >= 4 is 53.1 Å². The second kappa shape index (κ2) is 13.0. The van der Waals surface area contributed by atoms with Crippen molar-refractivity contribution in [2.24, 2.45) is 0 Å². The molecule has 0 aliphatic rings. The van der Waals surface area contributed by atoms with Gasteiger partial charge in [-0.2, -0.15) is 0 Å². The zero-order chi connectivity index (χ0) is 35.3. The largest absolute Gasteiger partial charge is 0.236 e. The average molecular weight is 715 g/mol. The van der Waals surface area contributed by atoms with Crippen molar-refractivity contribution in [3.05, 3.63) is 169 Å². The number of hydrogen-bond donors (Lipinski definition) is 0. The van der Waals surface area contributed by atoms with Crippen LogP contribution in [0.1, 0.15) is 5.56 Å². The van der Waals surface area contributed by atoms with E-state index < -0.39 is 0 Å². The summed E-state index contributed by atoms with van der Waals surface area (Å²) in [5, 5.41) is 3.57. The van der Waals surface area contributed by atoms with E-state index in [0.29, 0.717) is 17.5 Å². The molecule has 7 aromatic carbocycles. The Morgan fingerprint density at radius 1 is 0.377 bits per heavy atom. The monoisotopic (exact) mass is 714 g/mol. The Bertz CT molecular complexity index is 2910. The van der Waals surface area contributed by atoms with Gasteiger partial charge in [-0.05, 0) is 59.0 Å². The first-order valence-corrected chi connectivity index (χ1v) is 19.2. The second-order valence-electron chi connectivity index (χ2n) is 13.1. The van der Waals surface area contributed by atoms with Crippen LogP contribution < -0.4 is 0 Å². The van der Waals surface area contributed by atoms with Gasteiger partial charge in [-0.15, -0.1) is 22.7 Å². The molecule has 0 amide bonds. The molecule has 0 aliphatic carbocycles. The third kappa shape index (κ3) is 5.69. The lowest BCUT2D eigenvalue weighted by Crippen LogP contribution is -2.00. The van der Waals surface area contributed by atoms with Crippen molar-refractivity contribution in [3.63, 3.8) is 0 Å². The molecule has 0 unspecified atom stereocenters. The van der Waals surface area contributed by atoms with E-state index in [-0.39, 0.29) is 0 Å². The summed E-state index contributed by atoms with van der Waals surface area (Å²) in [5.41, 5.74) is 11.1. The molecule has 0 radical (unpaired) electrons. The summed E-state index contributed by atoms with van der Waals surface area (Å²) >= 11 is 3.59. The molecule has 0 bridgehead atoms. The predicted molar refractivity (Wildman–Crippen MR) is 223 cm³/mol. The van der Waals surface area contributed by atoms with Gasteiger partial charge in [0.25, 0.3) is 0 Å². The van der Waals surface area contributed by atoms with Gasteiger partial charge in [0.1, 0.15) is 5.01 Å². The van der Waals surface area contributed by atoms with E-state index >= 15 is 0 Å². The first-order valence-electron chi connectivity index (χ1n) is 17.6. The Morgan fingerprint density at radius 2 is 0.925 bits per heavy atom. The van der Waals surface area contributed by atoms with Crippen molar-refractivity contribution in [3.8, 4) is 67.0 Å². The van der Waals surface area contributed by atoms with Crippen LogP contribution in [0.5, 0.6) is 0 Å². The average Bonchev–Trinajstić information content (AvgIpc) is 3.83. The van der Waals surface area contributed by atoms with Gasteiger partial charge >= 0.3 is 0 Å². The molecular formula is C47H30N4S2. The molecule has 0 saturated heterocycles. The summed E-state index contributed by atoms with van der Waals surface area (Å²) in [4.78, 5) is 19.9. The number of aryl methyl sites for hydroxylation is 1. The predicted octanol–water partition coefficient (Wildman–Crippen LogP) is 13.2. The standard InChI is InChI=1S/C47H30N4S2/c1-29-13-8-9-20-35(29)37-22-12-24-39-38-23-11-21-36(42(38)53-43(37)39)32-18-10-19-34(27-32)47-48-40-28-33(25-26-41(40)52-47)46-50-44(30-14-4-2-5-15-30)49-45(51-46)31-16-6-3-7-17-31/h2-28H,1H3. The molecule has 250 valence electrons. The van der Waals surface area contributed by atoms with E-state index in [9.17, 15) is 0 Å². The third-order valence-corrected chi connectivity index (χ3v) is 12.1. The van der Waals surface area contributed by atoms with E-state index in [4.69, 9.17) is 19.9 Å². The molecule has 10 aromatic rings. The molecule has 3 aromatic heterocycles. The molecule has 0 spiro atoms. The van der Waals surface area contributed by atoms with Crippen LogP contribution in [0, 0.1) is 6.92 Å². The molecular weight excluding hydrogens is 685 g/mol. The van der Waals surface area contributed by atoms with Crippen LogP contribution in [0.15, 0.2) is 164 Å². The molecule has 0 N–H and O–H groups in total. The molecule has 10 rings (SSSR count). The Balaban J connectivity index is 1.04. The van der Waals surface area contributed by atoms with E-state index in [1.54, 1.807) is 11.3 Å². The van der Waals surface area contributed by atoms with Gasteiger partial charge in [-0.3, -0.25) is 0 Å². The summed E-state index contributed by atoms with van der Waals surface area (Å²) < 4.78 is 3.74. The van der Waals surface area contributed by atoms with Crippen LogP contribution in [-0.2, 0) is 0 Å². The number of benzene rings is 7. The molecule has 53 heavy (non-hydrogen) atoms. The molecule has 0 saturated carbocycles. The van der Waals surface area contributed by atoms with Crippen LogP contribution >= 0.6 is 22.7 Å². The molecule has 0 atom stereocenters. The topological polar surface area (TPSA) is 51.6 Å². The first-order chi connectivity index (χ1) is 26.2. The van der Waals surface area contributed by atoms with E-state index in [0.717, 1.165) is 37.5 Å². The van der Waals surface area contributed by atoms with Gasteiger partial charge in [0.05, 0.1) is 10.2 Å². The highest BCUT2D eigenvalue weighted by Gasteiger charge is 2.17. The van der Waals surface area contributed by atoms with Crippen LogP contribution in [-0.4, -0.2) is 19.9 Å². The number of aromatic nitrogens is 4. The Morgan fingerprint density at radius 3 is 1.62 bits per heavy atom. The van der Waals surface area contributed by atoms with Gasteiger partial charge in [-0.1, -0.05) is 140 Å². The quantitative estimate of drug-likeness (QED) is 0.172. The molecule has 6 heteroatoms. The second-order valence-corrected chi connectivity index (χ2v) is 15.2. The van der Waals surface area contributed by atoms with Gasteiger partial charge < -0.3 is 0 Å². The van der Waals surface area contributed by atoms with Crippen molar-refractivity contribution in [1.82, 2.24) is 19.9 Å². The van der Waals surface area contributed by atoms with Crippen LogP contribution in [0.3, 0.4) is 0 Å². The number of fused-ring (bicyclic) bond motifs is 4. The number of hydrogen-bond acceptors (Lipinski definition) is 6. The maximum atomic E-state index is 5.17. The fourth-order valence-corrected chi connectivity index (χ4v) is 9.39. The minimum Gasteiger partial charge on any atom is -0.236 e. The van der Waals surface area contributed by atoms with Crippen molar-refractivity contribution in [2.75, 3.05) is 0 Å². The van der Waals surface area contributed by atoms with Crippen LogP contribution in [0.2, 0.25) is 0 Å². The number of thiazole rings is 1. The molecule has 0 fully saturated rings. The van der Waals surface area contributed by atoms with Gasteiger partial charge in [0, 0.05) is 42.4 Å². The lowest BCUT2D eigenvalue weighted by Gasteiger charge is -2.08. The lowest BCUT2D eigenvalue weighted by atomic mass is 9.97. The van der Waals surface area contributed by atoms with Crippen LogP contribution in [0.4, 0.5) is 0 Å². The van der Waals surface area contributed by atoms with E-state index in [1.807, 2.05) is 72.0 Å². The normalized spacial score (nSPS) is 11.5. The number of nitrogens with zero attached hydrogens (tertiary/aromatic N) is 4. The first kappa shape index (κ1) is 31.4. The highest BCUT2D eigenvalue weighted by molar-refractivity contribution is 7.27. The lowest BCUT2D eigenvalue weighted by molar-refractivity contribution is 1.07. The highest BCUT2D eigenvalue weighted by atomic mass is 32.1. The molecule has 0 aliphatic heterocycles. The van der Waals surface area contributed by atoms with Crippen molar-refractivity contribution in [2.45, 2.75) is 6.92 Å². The summed E-state index contributed by atoms with van der Waals surface area (Å²) in [6.45, 7) is 2.19. The van der Waals surface area contributed by atoms with Gasteiger partial charge in [0.15, 0.2) is 17.5 Å². The Labute approximate surface area is 314 Å². The third-order valence-electron chi connectivity index (χ3n) is 9.73. The Hall–Kier alpha value is -6.34. The fourth-order valence-electron chi connectivity index (χ4n) is 7.08. The highest BCUT2D eigenvalue weighted by Crippen LogP contribution is 2.45. The smallest absolute Gasteiger partial charge is 0.164 e. The Kier molecular flexibility index (Phi) is 7.71. The van der Waals surface area contributed by atoms with Gasteiger partial charge in [0.2, 0.25) is 0 Å². The zero-order valence-corrected chi connectivity index (χ0v) is 30.3. The van der Waals surface area contributed by atoms with E-state index in [1.165, 1.54) is 48.0 Å². The molecule has 4 nitrogen and oxygen atoms in total. The maximum Gasteiger partial charge on any atom is 0.164 e. The zero-order valence-electron chi connectivity index (χ0n) is 28.7. The summed E-state index contributed by atoms with van der Waals surface area (Å²) in [7, 11) is 0. The van der Waals surface area contributed by atoms with Crippen LogP contribution in [0.25, 0.3) is 97.4 Å². The van der Waals surface area contributed by atoms with Crippen molar-refractivity contribution < 1.29 is 0 Å². The summed E-state index contributed by atoms with van der Waals surface area (Å²) in [5.74, 6) is 1.91. The minimum absolute atomic E-state index is 0.623. The number of rotatable bonds is 6. The fraction of sp³-hybridized carbons (Fsp3) is 0.0213. The summed E-state index contributed by atoms with van der Waals surface area (Å²) in [6, 6.07) is 57.3. The summed E-state index contributed by atoms with van der Waals surface area (Å²) in [6.07, 6.45) is 0. The van der Waals surface area contributed by atoms with Crippen molar-refractivity contribution in [1.29, 1.82) is 0 Å².